The molecule has 0 saturated carbocycles. The van der Waals surface area contributed by atoms with E-state index in [-0.39, 0.29) is 5.41 Å². The van der Waals surface area contributed by atoms with Crippen molar-refractivity contribution in [2.24, 2.45) is 11.8 Å². The van der Waals surface area contributed by atoms with Gasteiger partial charge in [-0.25, -0.2) is 0 Å². The van der Waals surface area contributed by atoms with Crippen molar-refractivity contribution in [3.05, 3.63) is 23.8 Å². The lowest BCUT2D eigenvalue weighted by Crippen LogP contribution is -2.44. The van der Waals surface area contributed by atoms with E-state index in [1.807, 2.05) is 18.2 Å². The van der Waals surface area contributed by atoms with E-state index < -0.39 is 6.10 Å². The summed E-state index contributed by atoms with van der Waals surface area (Å²) in [6, 6.07) is 5.87. The third-order valence-corrected chi connectivity index (χ3v) is 4.84. The number of likely N-dealkylation sites (tertiary alicyclic amines) is 1. The number of hydrogen-bond donors (Lipinski definition) is 1. The molecular weight excluding hydrogens is 314 g/mol. The molecule has 2 rings (SSSR count). The number of aliphatic hydroxyl groups is 1. The van der Waals surface area contributed by atoms with Crippen molar-refractivity contribution in [2.75, 3.05) is 33.4 Å². The molecule has 0 amide bonds. The second kappa shape index (κ2) is 8.41. The number of piperidine rings is 1. The van der Waals surface area contributed by atoms with Crippen molar-refractivity contribution in [1.29, 1.82) is 0 Å². The molecule has 4 nitrogen and oxygen atoms in total. The summed E-state index contributed by atoms with van der Waals surface area (Å²) in [5.74, 6) is 3.05. The van der Waals surface area contributed by atoms with E-state index in [1.54, 1.807) is 7.11 Å². The molecule has 1 aliphatic heterocycles. The van der Waals surface area contributed by atoms with Gasteiger partial charge in [-0.2, -0.15) is 0 Å². The monoisotopic (exact) mass is 349 g/mol. The highest BCUT2D eigenvalue weighted by Gasteiger charge is 2.24. The molecule has 1 heterocycles. The number of methoxy groups -OCH3 is 1. The summed E-state index contributed by atoms with van der Waals surface area (Å²) in [7, 11) is 1.67. The standard InChI is InChI=1S/C21H35NO3/c1-15-9-16(2)12-22(11-15)13-17(23)14-25-20-8-7-18(24-6)10-19(20)21(3,4)5/h7-8,10,15-17,23H,9,11-14H2,1-6H3/t15-,16-,17-/m0/s1. The quantitative estimate of drug-likeness (QED) is 0.850. The van der Waals surface area contributed by atoms with Gasteiger partial charge in [0, 0.05) is 25.2 Å². The molecule has 1 saturated heterocycles. The average Bonchev–Trinajstić information content (AvgIpc) is 2.50. The molecule has 0 bridgehead atoms. The molecule has 1 N–H and O–H groups in total. The zero-order chi connectivity index (χ0) is 18.6. The molecule has 0 spiro atoms. The summed E-state index contributed by atoms with van der Waals surface area (Å²) >= 11 is 0. The SMILES string of the molecule is COc1ccc(OC[C@@H](O)CN2C[C@@H](C)C[C@H](C)C2)c(C(C)(C)C)c1. The number of β-amino-alcohol motifs (C(OH)–C–C–N with tert-alkyl or cyclic N) is 1. The smallest absolute Gasteiger partial charge is 0.123 e. The maximum atomic E-state index is 10.4. The zero-order valence-electron chi connectivity index (χ0n) is 16.7. The molecule has 1 aromatic rings. The number of nitrogens with zero attached hydrogens (tertiary/aromatic N) is 1. The van der Waals surface area contributed by atoms with Gasteiger partial charge >= 0.3 is 0 Å². The normalized spacial score (nSPS) is 23.3. The first kappa shape index (κ1) is 20.1. The van der Waals surface area contributed by atoms with Crippen LogP contribution in [0.5, 0.6) is 11.5 Å². The lowest BCUT2D eigenvalue weighted by Gasteiger charge is -2.36. The van der Waals surface area contributed by atoms with E-state index in [9.17, 15) is 5.11 Å². The Bertz CT molecular complexity index is 543. The molecular formula is C21H35NO3. The van der Waals surface area contributed by atoms with E-state index in [2.05, 4.69) is 39.5 Å². The Labute approximate surface area is 153 Å². The van der Waals surface area contributed by atoms with E-state index in [0.717, 1.165) is 30.2 Å². The minimum atomic E-state index is -0.479. The van der Waals surface area contributed by atoms with E-state index in [4.69, 9.17) is 9.47 Å². The Hall–Kier alpha value is -1.26. The van der Waals surface area contributed by atoms with Gasteiger partial charge in [-0.1, -0.05) is 34.6 Å². The lowest BCUT2D eigenvalue weighted by molar-refractivity contribution is 0.0424. The summed E-state index contributed by atoms with van der Waals surface area (Å²) in [5.41, 5.74) is 1.05. The molecule has 3 atom stereocenters. The van der Waals surface area contributed by atoms with Crippen molar-refractivity contribution in [3.63, 3.8) is 0 Å². The predicted octanol–water partition coefficient (Wildman–Crippen LogP) is 3.71. The van der Waals surface area contributed by atoms with Gasteiger partial charge in [0.15, 0.2) is 0 Å². The number of hydrogen-bond acceptors (Lipinski definition) is 4. The van der Waals surface area contributed by atoms with Crippen molar-refractivity contribution in [1.82, 2.24) is 4.90 Å². The molecule has 142 valence electrons. The van der Waals surface area contributed by atoms with E-state index >= 15 is 0 Å². The predicted molar refractivity (Wildman–Crippen MR) is 103 cm³/mol. The minimum Gasteiger partial charge on any atom is -0.497 e. The summed E-state index contributed by atoms with van der Waals surface area (Å²) in [6.07, 6.45) is 0.802. The Morgan fingerprint density at radius 3 is 2.40 bits per heavy atom. The minimum absolute atomic E-state index is 0.0490. The maximum Gasteiger partial charge on any atom is 0.123 e. The molecule has 0 aliphatic carbocycles. The first-order valence-corrected chi connectivity index (χ1v) is 9.40. The van der Waals surface area contributed by atoms with Gasteiger partial charge in [-0.3, -0.25) is 0 Å². The number of benzene rings is 1. The number of aliphatic hydroxyl groups excluding tert-OH is 1. The van der Waals surface area contributed by atoms with Crippen LogP contribution in [-0.4, -0.2) is 49.5 Å². The summed E-state index contributed by atoms with van der Waals surface area (Å²) in [6.45, 7) is 14.2. The zero-order valence-corrected chi connectivity index (χ0v) is 16.7. The largest absolute Gasteiger partial charge is 0.497 e. The molecule has 1 aliphatic rings. The van der Waals surface area contributed by atoms with Crippen LogP contribution in [0.1, 0.15) is 46.6 Å². The second-order valence-corrected chi connectivity index (χ2v) is 8.74. The molecule has 4 heteroatoms. The molecule has 0 aromatic heterocycles. The van der Waals surface area contributed by atoms with Gasteiger partial charge in [0.2, 0.25) is 0 Å². The van der Waals surface area contributed by atoms with Crippen LogP contribution in [0.4, 0.5) is 0 Å². The number of rotatable bonds is 6. The Morgan fingerprint density at radius 1 is 1.20 bits per heavy atom. The summed E-state index contributed by atoms with van der Waals surface area (Å²) < 4.78 is 11.3. The average molecular weight is 350 g/mol. The van der Waals surface area contributed by atoms with E-state index in [0.29, 0.717) is 25.0 Å². The fraction of sp³-hybridized carbons (Fsp3) is 0.714. The van der Waals surface area contributed by atoms with Gasteiger partial charge in [0.05, 0.1) is 7.11 Å². The molecule has 0 radical (unpaired) electrons. The summed E-state index contributed by atoms with van der Waals surface area (Å²) in [4.78, 5) is 2.37. The Kier molecular flexibility index (Phi) is 6.75. The van der Waals surface area contributed by atoms with Crippen LogP contribution in [0.2, 0.25) is 0 Å². The van der Waals surface area contributed by atoms with E-state index in [1.165, 1.54) is 6.42 Å². The molecule has 0 unspecified atom stereocenters. The highest BCUT2D eigenvalue weighted by Crippen LogP contribution is 2.34. The molecule has 1 aromatic carbocycles. The van der Waals surface area contributed by atoms with Gasteiger partial charge < -0.3 is 19.5 Å². The Morgan fingerprint density at radius 2 is 1.84 bits per heavy atom. The van der Waals surface area contributed by atoms with Crippen LogP contribution < -0.4 is 9.47 Å². The number of ether oxygens (including phenoxy) is 2. The second-order valence-electron chi connectivity index (χ2n) is 8.74. The van der Waals surface area contributed by atoms with Crippen LogP contribution in [0.15, 0.2) is 18.2 Å². The maximum absolute atomic E-state index is 10.4. The van der Waals surface area contributed by atoms with Gasteiger partial charge in [-0.15, -0.1) is 0 Å². The third kappa shape index (κ3) is 5.89. The van der Waals surface area contributed by atoms with Crippen molar-refractivity contribution in [3.8, 4) is 11.5 Å². The highest BCUT2D eigenvalue weighted by atomic mass is 16.5. The van der Waals surface area contributed by atoms with Crippen LogP contribution in [-0.2, 0) is 5.41 Å². The van der Waals surface area contributed by atoms with Crippen LogP contribution in [0, 0.1) is 11.8 Å². The van der Waals surface area contributed by atoms with Crippen molar-refractivity contribution in [2.45, 2.75) is 52.6 Å². The third-order valence-electron chi connectivity index (χ3n) is 4.84. The van der Waals surface area contributed by atoms with Crippen molar-refractivity contribution < 1.29 is 14.6 Å². The first-order valence-electron chi connectivity index (χ1n) is 9.40. The highest BCUT2D eigenvalue weighted by molar-refractivity contribution is 5.44. The topological polar surface area (TPSA) is 41.9 Å². The van der Waals surface area contributed by atoms with Gasteiger partial charge in [0.25, 0.3) is 0 Å². The fourth-order valence-corrected chi connectivity index (χ4v) is 3.83. The summed E-state index contributed by atoms with van der Waals surface area (Å²) in [5, 5.41) is 10.4. The fourth-order valence-electron chi connectivity index (χ4n) is 3.83. The Balaban J connectivity index is 1.96. The molecule has 25 heavy (non-hydrogen) atoms. The van der Waals surface area contributed by atoms with Gasteiger partial charge in [-0.05, 0) is 41.9 Å². The lowest BCUT2D eigenvalue weighted by atomic mass is 9.86. The molecule has 1 fully saturated rings. The van der Waals surface area contributed by atoms with Crippen LogP contribution in [0.3, 0.4) is 0 Å². The van der Waals surface area contributed by atoms with Crippen LogP contribution >= 0.6 is 0 Å². The van der Waals surface area contributed by atoms with Crippen LogP contribution in [0.25, 0.3) is 0 Å². The first-order chi connectivity index (χ1) is 11.7. The van der Waals surface area contributed by atoms with Gasteiger partial charge in [0.1, 0.15) is 24.2 Å². The van der Waals surface area contributed by atoms with Crippen molar-refractivity contribution >= 4 is 0 Å².